The first-order chi connectivity index (χ1) is 24.8. The van der Waals surface area contributed by atoms with Crippen LogP contribution in [0.1, 0.15) is 138 Å². The summed E-state index contributed by atoms with van der Waals surface area (Å²) in [5.41, 5.74) is -0.284. The van der Waals surface area contributed by atoms with E-state index in [9.17, 15) is 14.7 Å². The van der Waals surface area contributed by atoms with E-state index >= 15 is 0 Å². The molecular weight excluding hydrogens is 667 g/mol. The third-order valence-electron chi connectivity index (χ3n) is 17.0. The van der Waals surface area contributed by atoms with Crippen molar-refractivity contribution in [2.45, 2.75) is 139 Å². The Labute approximate surface area is 319 Å². The molecule has 10 heteroatoms. The maximum Gasteiger partial charge on any atom is 0.307 e. The van der Waals surface area contributed by atoms with Gasteiger partial charge in [0.1, 0.15) is 6.33 Å². The van der Waals surface area contributed by atoms with E-state index in [2.05, 4.69) is 97.9 Å². The summed E-state index contributed by atoms with van der Waals surface area (Å²) in [5.74, 6) is 0.564. The topological polar surface area (TPSA) is 128 Å². The van der Waals surface area contributed by atoms with Crippen LogP contribution in [0.3, 0.4) is 0 Å². The van der Waals surface area contributed by atoms with E-state index in [1.54, 1.807) is 7.05 Å². The predicted octanol–water partition coefficient (Wildman–Crippen LogP) is 7.57. The molecule has 1 unspecified atom stereocenters. The normalized spacial score (nSPS) is 41.1. The molecule has 0 aromatic carbocycles. The fraction of sp³-hybridized carbons (Fsp3) is 0.860. The van der Waals surface area contributed by atoms with Crippen LogP contribution in [0.2, 0.25) is 0 Å². The zero-order valence-corrected chi connectivity index (χ0v) is 35.0. The lowest BCUT2D eigenvalue weighted by Gasteiger charge is -2.71. The van der Waals surface area contributed by atoms with Crippen LogP contribution in [-0.2, 0) is 14.3 Å². The van der Waals surface area contributed by atoms with Crippen LogP contribution in [0.15, 0.2) is 18.0 Å². The minimum Gasteiger partial charge on any atom is -0.481 e. The van der Waals surface area contributed by atoms with Crippen molar-refractivity contribution >= 4 is 11.9 Å². The van der Waals surface area contributed by atoms with Crippen molar-refractivity contribution in [2.24, 2.45) is 62.6 Å². The molecule has 10 nitrogen and oxygen atoms in total. The molecular formula is C43H71N5O5. The Morgan fingerprint density at radius 1 is 1.09 bits per heavy atom. The zero-order valence-electron chi connectivity index (χ0n) is 35.0. The highest BCUT2D eigenvalue weighted by atomic mass is 16.5. The number of rotatable bonds is 12. The standard InChI is InChI=1S/C43H71N5O5/c1-13-20-46-42(11,27(4)5)23-53-34-31(48-35(36(49)44-12)45-25-47-48)21-43-24-52-22-39(34,8)32(43)15-14-29-30(43)16-17-41(10)33(37(50)51)38(7,28(6)26(2)3)18-19-40(29,41)9/h16,25-29,31-34,46H,13-15,17-24H2,1-12H3,(H,44,49)(H,50,51)/t28-,29+,31-,32+,33?,34+,38-,39-,40-,41+,42+,43+/m1/s1. The predicted molar refractivity (Wildman–Crippen MR) is 207 cm³/mol. The van der Waals surface area contributed by atoms with E-state index in [4.69, 9.17) is 14.6 Å². The Kier molecular flexibility index (Phi) is 10.7. The number of hydrogen-bond donors (Lipinski definition) is 3. The van der Waals surface area contributed by atoms with Crippen molar-refractivity contribution in [3.8, 4) is 0 Å². The van der Waals surface area contributed by atoms with Crippen molar-refractivity contribution < 1.29 is 24.2 Å². The van der Waals surface area contributed by atoms with Crippen LogP contribution in [0.5, 0.6) is 0 Å². The van der Waals surface area contributed by atoms with Gasteiger partial charge in [0, 0.05) is 23.4 Å². The summed E-state index contributed by atoms with van der Waals surface area (Å²) in [4.78, 5) is 31.3. The first kappa shape index (κ1) is 40.4. The summed E-state index contributed by atoms with van der Waals surface area (Å²) in [5, 5.41) is 22.5. The summed E-state index contributed by atoms with van der Waals surface area (Å²) in [6, 6.07) is -0.244. The number of fused-ring (bicyclic) bond motifs is 3. The molecule has 6 rings (SSSR count). The third kappa shape index (κ3) is 5.88. The summed E-state index contributed by atoms with van der Waals surface area (Å²) in [6.07, 6.45) is 10.2. The van der Waals surface area contributed by atoms with Gasteiger partial charge < -0.3 is 25.2 Å². The van der Waals surface area contributed by atoms with Gasteiger partial charge in [0.25, 0.3) is 5.91 Å². The molecule has 3 saturated carbocycles. The molecule has 0 radical (unpaired) electrons. The van der Waals surface area contributed by atoms with E-state index in [1.807, 2.05) is 4.68 Å². The van der Waals surface area contributed by atoms with Gasteiger partial charge in [-0.15, -0.1) is 0 Å². The summed E-state index contributed by atoms with van der Waals surface area (Å²) >= 11 is 0. The average molecular weight is 738 g/mol. The van der Waals surface area contributed by atoms with Gasteiger partial charge in [-0.05, 0) is 104 Å². The van der Waals surface area contributed by atoms with Gasteiger partial charge in [-0.1, -0.05) is 80.9 Å². The Hall–Kier alpha value is -2.30. The highest BCUT2D eigenvalue weighted by Gasteiger charge is 2.72. The van der Waals surface area contributed by atoms with E-state index in [-0.39, 0.29) is 51.2 Å². The van der Waals surface area contributed by atoms with Crippen molar-refractivity contribution in [3.63, 3.8) is 0 Å². The molecule has 2 heterocycles. The smallest absolute Gasteiger partial charge is 0.307 e. The van der Waals surface area contributed by atoms with Gasteiger partial charge in [-0.25, -0.2) is 9.67 Å². The number of aromatic nitrogens is 3. The number of ether oxygens (including phenoxy) is 2. The van der Waals surface area contributed by atoms with Gasteiger partial charge in [0.2, 0.25) is 5.82 Å². The summed E-state index contributed by atoms with van der Waals surface area (Å²) < 4.78 is 15.9. The Morgan fingerprint density at radius 3 is 2.43 bits per heavy atom. The van der Waals surface area contributed by atoms with Crippen LogP contribution in [0.4, 0.5) is 0 Å². The fourth-order valence-electron chi connectivity index (χ4n) is 13.0. The summed E-state index contributed by atoms with van der Waals surface area (Å²) in [7, 11) is 1.64. The maximum absolute atomic E-state index is 13.5. The van der Waals surface area contributed by atoms with Gasteiger partial charge in [0.05, 0.1) is 37.9 Å². The minimum atomic E-state index is -0.641. The van der Waals surface area contributed by atoms with Gasteiger partial charge in [0.15, 0.2) is 0 Å². The molecule has 4 fully saturated rings. The second-order valence-electron chi connectivity index (χ2n) is 20.0. The second-order valence-corrected chi connectivity index (χ2v) is 20.0. The van der Waals surface area contributed by atoms with Crippen molar-refractivity contribution in [3.05, 3.63) is 23.8 Å². The van der Waals surface area contributed by atoms with E-state index < -0.39 is 17.3 Å². The maximum atomic E-state index is 13.5. The molecule has 3 N–H and O–H groups in total. The highest BCUT2D eigenvalue weighted by molar-refractivity contribution is 5.90. The molecule has 4 aliphatic carbocycles. The zero-order chi connectivity index (χ0) is 38.9. The molecule has 1 aromatic rings. The molecule has 1 aromatic heterocycles. The lowest BCUT2D eigenvalue weighted by Crippen LogP contribution is -2.69. The second kappa shape index (κ2) is 14.0. The molecule has 2 bridgehead atoms. The number of allylic oxidation sites excluding steroid dienone is 1. The molecule has 298 valence electrons. The molecule has 53 heavy (non-hydrogen) atoms. The van der Waals surface area contributed by atoms with Crippen molar-refractivity contribution in [1.29, 1.82) is 0 Å². The SMILES string of the molecule is CCCN[C@@](C)(CO[C@H]1[C@H](n2ncnc2C(=O)NC)C[C@@]23COC[C@]1(C)[C@@H]2CC[C@H]1C3=CC[C@@]2(C)C(C(=O)O)[C@@](C)([C@H](C)C(C)C)CC[C@]12C)C(C)C. The van der Waals surface area contributed by atoms with Crippen LogP contribution in [0.25, 0.3) is 0 Å². The fourth-order valence-corrected chi connectivity index (χ4v) is 13.0. The van der Waals surface area contributed by atoms with Gasteiger partial charge >= 0.3 is 5.97 Å². The Balaban J connectivity index is 1.46. The number of carbonyl (C=O) groups excluding carboxylic acids is 1. The Bertz CT molecular complexity index is 1570. The quantitative estimate of drug-likeness (QED) is 0.188. The molecule has 5 aliphatic rings. The third-order valence-corrected chi connectivity index (χ3v) is 17.0. The highest BCUT2D eigenvalue weighted by Crippen LogP contribution is 2.75. The number of nitrogens with zero attached hydrogens (tertiary/aromatic N) is 3. The largest absolute Gasteiger partial charge is 0.481 e. The average Bonchev–Trinajstić information content (AvgIpc) is 3.59. The summed E-state index contributed by atoms with van der Waals surface area (Å²) in [6.45, 7) is 27.7. The number of carboxylic acids is 1. The lowest BCUT2D eigenvalue weighted by atomic mass is 9.34. The van der Waals surface area contributed by atoms with Crippen molar-refractivity contribution in [2.75, 3.05) is 33.4 Å². The number of carboxylic acid groups (broad SMARTS) is 1. The number of hydrogen-bond acceptors (Lipinski definition) is 7. The van der Waals surface area contributed by atoms with E-state index in [0.717, 1.165) is 51.5 Å². The lowest BCUT2D eigenvalue weighted by molar-refractivity contribution is -0.253. The van der Waals surface area contributed by atoms with Gasteiger partial charge in [-0.2, -0.15) is 5.10 Å². The Morgan fingerprint density at radius 2 is 1.81 bits per heavy atom. The molecule has 0 spiro atoms. The van der Waals surface area contributed by atoms with Crippen LogP contribution in [-0.4, -0.2) is 76.8 Å². The number of aliphatic carboxylic acids is 1. The molecule has 1 saturated heterocycles. The number of carbonyl (C=O) groups is 2. The molecule has 1 aliphatic heterocycles. The molecule has 12 atom stereocenters. The van der Waals surface area contributed by atoms with Crippen molar-refractivity contribution in [1.82, 2.24) is 25.4 Å². The van der Waals surface area contributed by atoms with Gasteiger partial charge in [-0.3, -0.25) is 9.59 Å². The van der Waals surface area contributed by atoms with E-state index in [1.165, 1.54) is 11.9 Å². The number of nitrogens with one attached hydrogen (secondary N) is 2. The molecule has 1 amide bonds. The van der Waals surface area contributed by atoms with E-state index in [0.29, 0.717) is 49.3 Å². The van der Waals surface area contributed by atoms with Crippen LogP contribution < -0.4 is 10.6 Å². The minimum absolute atomic E-state index is 0.183. The van der Waals surface area contributed by atoms with Crippen LogP contribution >= 0.6 is 0 Å². The monoisotopic (exact) mass is 738 g/mol. The van der Waals surface area contributed by atoms with Crippen LogP contribution in [0, 0.1) is 62.6 Å². The number of amides is 1. The first-order valence-electron chi connectivity index (χ1n) is 20.8. The first-order valence-corrected chi connectivity index (χ1v) is 20.8.